The number of nitrogens with one attached hydrogen (secondary N) is 1. The van der Waals surface area contributed by atoms with Crippen molar-refractivity contribution in [2.45, 2.75) is 39.8 Å². The third kappa shape index (κ3) is 6.74. The molecule has 0 fully saturated rings. The third-order valence-electron chi connectivity index (χ3n) is 3.53. The van der Waals surface area contributed by atoms with E-state index in [1.807, 2.05) is 26.8 Å². The number of nitrogens with two attached hydrogens (primary N) is 1. The van der Waals surface area contributed by atoms with E-state index >= 15 is 0 Å². The van der Waals surface area contributed by atoms with Crippen LogP contribution in [0.2, 0.25) is 0 Å². The number of benzene rings is 1. The van der Waals surface area contributed by atoms with Crippen LogP contribution >= 0.6 is 0 Å². The number of rotatable bonds is 7. The van der Waals surface area contributed by atoms with Gasteiger partial charge >= 0.3 is 0 Å². The van der Waals surface area contributed by atoms with Crippen molar-refractivity contribution in [3.63, 3.8) is 0 Å². The van der Waals surface area contributed by atoms with Crippen LogP contribution in [0.3, 0.4) is 0 Å². The highest BCUT2D eigenvalue weighted by Crippen LogP contribution is 2.17. The van der Waals surface area contributed by atoms with E-state index < -0.39 is 6.04 Å². The van der Waals surface area contributed by atoms with Crippen LogP contribution in [0.1, 0.15) is 32.8 Å². The van der Waals surface area contributed by atoms with Crippen LogP contribution in [0.25, 0.3) is 0 Å². The zero-order chi connectivity index (χ0) is 15.9. The summed E-state index contributed by atoms with van der Waals surface area (Å²) in [4.78, 5) is 14.1. The van der Waals surface area contributed by atoms with Gasteiger partial charge in [0.05, 0.1) is 6.04 Å². The molecule has 4 nitrogen and oxygen atoms in total. The van der Waals surface area contributed by atoms with Crippen molar-refractivity contribution in [2.24, 2.45) is 11.1 Å². The molecule has 1 aromatic rings. The van der Waals surface area contributed by atoms with Crippen molar-refractivity contribution in [3.8, 4) is 0 Å². The van der Waals surface area contributed by atoms with Crippen molar-refractivity contribution in [1.82, 2.24) is 10.2 Å². The van der Waals surface area contributed by atoms with Gasteiger partial charge in [0.15, 0.2) is 0 Å². The lowest BCUT2D eigenvalue weighted by Crippen LogP contribution is -2.48. The lowest BCUT2D eigenvalue weighted by Gasteiger charge is -2.26. The second kappa shape index (κ2) is 8.15. The van der Waals surface area contributed by atoms with Crippen LogP contribution in [0.4, 0.5) is 0 Å². The molecule has 1 atom stereocenters. The van der Waals surface area contributed by atoms with Crippen LogP contribution in [0.5, 0.6) is 0 Å². The van der Waals surface area contributed by atoms with Gasteiger partial charge in [0.25, 0.3) is 0 Å². The number of carbonyl (C=O) groups is 1. The summed E-state index contributed by atoms with van der Waals surface area (Å²) in [7, 11) is 2.09. The molecule has 0 aliphatic carbocycles. The first-order valence-corrected chi connectivity index (χ1v) is 7.56. The minimum atomic E-state index is -0.459. The molecule has 1 aromatic carbocycles. The van der Waals surface area contributed by atoms with Crippen LogP contribution in [0.15, 0.2) is 30.3 Å². The van der Waals surface area contributed by atoms with Crippen LogP contribution in [-0.4, -0.2) is 37.0 Å². The molecule has 0 spiro atoms. The van der Waals surface area contributed by atoms with Gasteiger partial charge in [-0.3, -0.25) is 4.79 Å². The number of hydrogen-bond acceptors (Lipinski definition) is 3. The number of nitrogens with zero attached hydrogens (tertiary/aromatic N) is 1. The summed E-state index contributed by atoms with van der Waals surface area (Å²) in [6.45, 7) is 8.47. The maximum atomic E-state index is 11.9. The summed E-state index contributed by atoms with van der Waals surface area (Å²) in [6.07, 6.45) is 0.923. The smallest absolute Gasteiger partial charge is 0.237 e. The third-order valence-corrected chi connectivity index (χ3v) is 3.53. The van der Waals surface area contributed by atoms with Crippen molar-refractivity contribution in [2.75, 3.05) is 20.1 Å². The molecule has 21 heavy (non-hydrogen) atoms. The molecular formula is C17H29N3O. The minimum Gasteiger partial charge on any atom is -0.355 e. The van der Waals surface area contributed by atoms with Gasteiger partial charge in [0, 0.05) is 13.1 Å². The van der Waals surface area contributed by atoms with Gasteiger partial charge in [-0.05, 0) is 31.0 Å². The standard InChI is InChI=1S/C17H29N3O/c1-17(2,3)15(18)16(21)19-11-8-12-20(4)13-14-9-6-5-7-10-14/h5-7,9-10,15H,8,11-13,18H2,1-4H3,(H,19,21). The highest BCUT2D eigenvalue weighted by atomic mass is 16.2. The summed E-state index contributed by atoms with van der Waals surface area (Å²) in [5.74, 6) is -0.0618. The van der Waals surface area contributed by atoms with Crippen molar-refractivity contribution >= 4 is 5.91 Å². The topological polar surface area (TPSA) is 58.4 Å². The molecule has 0 saturated carbocycles. The van der Waals surface area contributed by atoms with Gasteiger partial charge in [-0.2, -0.15) is 0 Å². The molecule has 0 bridgehead atoms. The van der Waals surface area contributed by atoms with Crippen molar-refractivity contribution in [3.05, 3.63) is 35.9 Å². The fourth-order valence-electron chi connectivity index (χ4n) is 2.04. The molecular weight excluding hydrogens is 262 g/mol. The summed E-state index contributed by atoms with van der Waals surface area (Å²) in [5, 5.41) is 2.92. The minimum absolute atomic E-state index is 0.0618. The highest BCUT2D eigenvalue weighted by Gasteiger charge is 2.26. The largest absolute Gasteiger partial charge is 0.355 e. The highest BCUT2D eigenvalue weighted by molar-refractivity contribution is 5.82. The van der Waals surface area contributed by atoms with Gasteiger partial charge in [-0.1, -0.05) is 51.1 Å². The lowest BCUT2D eigenvalue weighted by molar-refractivity contribution is -0.124. The molecule has 1 unspecified atom stereocenters. The van der Waals surface area contributed by atoms with Gasteiger partial charge in [-0.15, -0.1) is 0 Å². The second-order valence-corrected chi connectivity index (χ2v) is 6.71. The Balaban J connectivity index is 2.21. The molecule has 3 N–H and O–H groups in total. The van der Waals surface area contributed by atoms with E-state index in [1.165, 1.54) is 5.56 Å². The van der Waals surface area contributed by atoms with Crippen molar-refractivity contribution in [1.29, 1.82) is 0 Å². The normalized spacial score (nSPS) is 13.2. The zero-order valence-corrected chi connectivity index (χ0v) is 13.7. The molecule has 0 saturated heterocycles. The van der Waals surface area contributed by atoms with Gasteiger partial charge < -0.3 is 16.0 Å². The van der Waals surface area contributed by atoms with Crippen LogP contribution in [0, 0.1) is 5.41 Å². The molecule has 1 amide bonds. The van der Waals surface area contributed by atoms with E-state index in [0.29, 0.717) is 6.54 Å². The Kier molecular flexibility index (Phi) is 6.85. The monoisotopic (exact) mass is 291 g/mol. The summed E-state index contributed by atoms with van der Waals surface area (Å²) in [5.41, 5.74) is 7.02. The first-order chi connectivity index (χ1) is 9.80. The summed E-state index contributed by atoms with van der Waals surface area (Å²) in [6, 6.07) is 9.92. The Morgan fingerprint density at radius 2 is 1.90 bits per heavy atom. The van der Waals surface area contributed by atoms with Gasteiger partial charge in [0.2, 0.25) is 5.91 Å². The van der Waals surface area contributed by atoms with E-state index in [9.17, 15) is 4.79 Å². The average molecular weight is 291 g/mol. The Bertz CT molecular complexity index is 425. The van der Waals surface area contributed by atoms with E-state index in [0.717, 1.165) is 19.5 Å². The fraction of sp³-hybridized carbons (Fsp3) is 0.588. The van der Waals surface area contributed by atoms with E-state index in [2.05, 4.69) is 41.5 Å². The summed E-state index contributed by atoms with van der Waals surface area (Å²) < 4.78 is 0. The summed E-state index contributed by atoms with van der Waals surface area (Å²) >= 11 is 0. The number of hydrogen-bond donors (Lipinski definition) is 2. The Labute approximate surface area is 128 Å². The molecule has 4 heteroatoms. The number of carbonyl (C=O) groups excluding carboxylic acids is 1. The molecule has 0 heterocycles. The van der Waals surface area contributed by atoms with Crippen LogP contribution in [-0.2, 0) is 11.3 Å². The number of amides is 1. The maximum Gasteiger partial charge on any atom is 0.237 e. The molecule has 0 radical (unpaired) electrons. The Morgan fingerprint density at radius 1 is 1.29 bits per heavy atom. The first kappa shape index (κ1) is 17.7. The quantitative estimate of drug-likeness (QED) is 0.755. The maximum absolute atomic E-state index is 11.9. The van der Waals surface area contributed by atoms with Gasteiger partial charge in [-0.25, -0.2) is 0 Å². The predicted octanol–water partition coefficient (Wildman–Crippen LogP) is 2.00. The molecule has 1 rings (SSSR count). The van der Waals surface area contributed by atoms with E-state index in [-0.39, 0.29) is 11.3 Å². The zero-order valence-electron chi connectivity index (χ0n) is 13.7. The average Bonchev–Trinajstić information content (AvgIpc) is 2.42. The van der Waals surface area contributed by atoms with E-state index in [4.69, 9.17) is 5.73 Å². The Morgan fingerprint density at radius 3 is 2.48 bits per heavy atom. The Hall–Kier alpha value is -1.39. The SMILES string of the molecule is CN(CCCNC(=O)C(N)C(C)(C)C)Cc1ccccc1. The molecule has 0 aliphatic heterocycles. The lowest BCUT2D eigenvalue weighted by atomic mass is 9.87. The van der Waals surface area contributed by atoms with Gasteiger partial charge in [0.1, 0.15) is 0 Å². The fourth-order valence-corrected chi connectivity index (χ4v) is 2.04. The van der Waals surface area contributed by atoms with Crippen molar-refractivity contribution < 1.29 is 4.79 Å². The first-order valence-electron chi connectivity index (χ1n) is 7.56. The molecule has 0 aromatic heterocycles. The van der Waals surface area contributed by atoms with E-state index in [1.54, 1.807) is 0 Å². The molecule has 0 aliphatic rings. The van der Waals surface area contributed by atoms with Crippen LogP contribution < -0.4 is 11.1 Å². The molecule has 118 valence electrons. The second-order valence-electron chi connectivity index (χ2n) is 6.71. The predicted molar refractivity (Wildman–Crippen MR) is 87.8 cm³/mol.